The summed E-state index contributed by atoms with van der Waals surface area (Å²) in [7, 11) is 0. The summed E-state index contributed by atoms with van der Waals surface area (Å²) in [4.78, 5) is 18.2. The summed E-state index contributed by atoms with van der Waals surface area (Å²) in [5.74, 6) is 1.48. The van der Waals surface area contributed by atoms with Gasteiger partial charge in [-0.1, -0.05) is 53.2 Å². The zero-order chi connectivity index (χ0) is 23.7. The number of ether oxygens (including phenoxy) is 1. The molecule has 0 saturated heterocycles. The number of rotatable bonds is 6. The molecule has 0 radical (unpaired) electrons. The van der Waals surface area contributed by atoms with Gasteiger partial charge in [0.2, 0.25) is 5.82 Å². The van der Waals surface area contributed by atoms with E-state index in [1.807, 2.05) is 73.7 Å². The first-order valence-corrected chi connectivity index (χ1v) is 11.8. The second-order valence-electron chi connectivity index (χ2n) is 7.98. The molecule has 5 aromatic rings. The number of furan rings is 1. The normalized spacial score (nSPS) is 12.6. The van der Waals surface area contributed by atoms with Gasteiger partial charge in [0.05, 0.1) is 23.2 Å². The van der Waals surface area contributed by atoms with Crippen LogP contribution in [0.1, 0.15) is 25.8 Å². The molecular formula is C27H22BrN3O3. The van der Waals surface area contributed by atoms with Gasteiger partial charge >= 0.3 is 0 Å². The highest BCUT2D eigenvalue weighted by Crippen LogP contribution is 2.28. The Labute approximate surface area is 204 Å². The van der Waals surface area contributed by atoms with E-state index in [4.69, 9.17) is 14.1 Å². The van der Waals surface area contributed by atoms with Crippen LogP contribution < -0.4 is 10.3 Å². The molecule has 170 valence electrons. The fourth-order valence-electron chi connectivity index (χ4n) is 3.63. The number of para-hydroxylation sites is 2. The maximum absolute atomic E-state index is 13.5. The third-order valence-corrected chi connectivity index (χ3v) is 6.08. The van der Waals surface area contributed by atoms with Crippen molar-refractivity contribution in [1.29, 1.82) is 0 Å². The molecule has 0 unspecified atom stereocenters. The molecule has 7 heteroatoms. The molecule has 0 N–H and O–H groups in total. The molecule has 34 heavy (non-hydrogen) atoms. The Bertz CT molecular complexity index is 1550. The van der Waals surface area contributed by atoms with Crippen LogP contribution in [-0.4, -0.2) is 22.0 Å². The van der Waals surface area contributed by atoms with Crippen molar-refractivity contribution in [3.8, 4) is 17.3 Å². The summed E-state index contributed by atoms with van der Waals surface area (Å²) < 4.78 is 14.3. The van der Waals surface area contributed by atoms with Crippen LogP contribution in [0.5, 0.6) is 5.75 Å². The van der Waals surface area contributed by atoms with Gasteiger partial charge in [-0.25, -0.2) is 4.98 Å². The van der Waals surface area contributed by atoms with Crippen molar-refractivity contribution in [2.75, 3.05) is 0 Å². The van der Waals surface area contributed by atoms with E-state index < -0.39 is 0 Å². The Balaban J connectivity index is 1.69. The maximum Gasteiger partial charge on any atom is 0.282 e. The topological polar surface area (TPSA) is 69.6 Å². The van der Waals surface area contributed by atoms with E-state index in [9.17, 15) is 4.79 Å². The second-order valence-corrected chi connectivity index (χ2v) is 8.90. The third-order valence-electron chi connectivity index (χ3n) is 5.59. The monoisotopic (exact) mass is 515 g/mol. The standard InChI is InChI=1S/C27H22BrN3O3/c1-3-17(2)33-24-13-12-20(28)14-19(24)16-29-31-26(25-15-18-8-4-7-11-23(18)34-25)30-22-10-6-5-9-21(22)27(31)32/h4-17H,3H2,1-2H3/t17-/m0/s1. The number of aromatic nitrogens is 2. The molecule has 0 fully saturated rings. The van der Waals surface area contributed by atoms with Crippen molar-refractivity contribution in [2.24, 2.45) is 5.10 Å². The predicted molar refractivity (Wildman–Crippen MR) is 139 cm³/mol. The molecule has 0 bridgehead atoms. The lowest BCUT2D eigenvalue weighted by Crippen LogP contribution is -2.20. The minimum Gasteiger partial charge on any atom is -0.490 e. The van der Waals surface area contributed by atoms with Crippen molar-refractivity contribution in [3.63, 3.8) is 0 Å². The molecule has 2 heterocycles. The number of benzene rings is 3. The average Bonchev–Trinajstić information content (AvgIpc) is 3.29. The van der Waals surface area contributed by atoms with E-state index in [-0.39, 0.29) is 11.7 Å². The molecule has 1 atom stereocenters. The summed E-state index contributed by atoms with van der Waals surface area (Å²) in [5, 5.41) is 5.96. The average molecular weight is 516 g/mol. The van der Waals surface area contributed by atoms with Crippen molar-refractivity contribution in [2.45, 2.75) is 26.4 Å². The van der Waals surface area contributed by atoms with Crippen molar-refractivity contribution >= 4 is 44.0 Å². The predicted octanol–water partition coefficient (Wildman–Crippen LogP) is 6.63. The lowest BCUT2D eigenvalue weighted by molar-refractivity contribution is 0.217. The lowest BCUT2D eigenvalue weighted by atomic mass is 10.2. The van der Waals surface area contributed by atoms with Crippen LogP contribution in [0.3, 0.4) is 0 Å². The van der Waals surface area contributed by atoms with Gasteiger partial charge in [-0.3, -0.25) is 4.79 Å². The van der Waals surface area contributed by atoms with Crippen LogP contribution in [0.4, 0.5) is 0 Å². The van der Waals surface area contributed by atoms with Gasteiger partial charge in [0, 0.05) is 15.4 Å². The second kappa shape index (κ2) is 9.27. The van der Waals surface area contributed by atoms with E-state index in [1.54, 1.807) is 12.3 Å². The number of hydrogen-bond donors (Lipinski definition) is 0. The molecule has 2 aromatic heterocycles. The zero-order valence-electron chi connectivity index (χ0n) is 18.7. The Morgan fingerprint density at radius 1 is 1.12 bits per heavy atom. The molecule has 0 aliphatic rings. The van der Waals surface area contributed by atoms with Crippen LogP contribution >= 0.6 is 15.9 Å². The minimum atomic E-state index is -0.281. The first kappa shape index (κ1) is 22.1. The molecule has 5 rings (SSSR count). The summed E-state index contributed by atoms with van der Waals surface area (Å²) in [6, 6.07) is 22.5. The molecule has 0 saturated carbocycles. The van der Waals surface area contributed by atoms with Crippen molar-refractivity contribution in [3.05, 3.63) is 93.2 Å². The summed E-state index contributed by atoms with van der Waals surface area (Å²) in [5.41, 5.74) is 1.76. The zero-order valence-corrected chi connectivity index (χ0v) is 20.3. The molecule has 0 aliphatic carbocycles. The SMILES string of the molecule is CC[C@H](C)Oc1ccc(Br)cc1C=Nn1c(-c2cc3ccccc3o2)nc2ccccc2c1=O. The molecule has 6 nitrogen and oxygen atoms in total. The Kier molecular flexibility index (Phi) is 6.02. The summed E-state index contributed by atoms with van der Waals surface area (Å²) in [6.45, 7) is 4.08. The van der Waals surface area contributed by atoms with E-state index in [2.05, 4.69) is 28.0 Å². The fraction of sp³-hybridized carbons (Fsp3) is 0.148. The highest BCUT2D eigenvalue weighted by atomic mass is 79.9. The first-order valence-electron chi connectivity index (χ1n) is 11.0. The van der Waals surface area contributed by atoms with E-state index in [0.29, 0.717) is 33.8 Å². The third kappa shape index (κ3) is 4.26. The van der Waals surface area contributed by atoms with Crippen LogP contribution in [0, 0.1) is 0 Å². The van der Waals surface area contributed by atoms with Gasteiger partial charge in [-0.05, 0) is 55.8 Å². The van der Waals surface area contributed by atoms with Crippen LogP contribution in [-0.2, 0) is 0 Å². The van der Waals surface area contributed by atoms with Gasteiger partial charge in [-0.15, -0.1) is 0 Å². The van der Waals surface area contributed by atoms with Crippen molar-refractivity contribution in [1.82, 2.24) is 9.66 Å². The highest BCUT2D eigenvalue weighted by Gasteiger charge is 2.16. The number of nitrogens with zero attached hydrogens (tertiary/aromatic N) is 3. The number of halogens is 1. The van der Waals surface area contributed by atoms with Gasteiger partial charge in [0.25, 0.3) is 5.56 Å². The maximum atomic E-state index is 13.5. The van der Waals surface area contributed by atoms with Gasteiger partial charge in [0.15, 0.2) is 5.76 Å². The fourth-order valence-corrected chi connectivity index (χ4v) is 4.01. The van der Waals surface area contributed by atoms with Crippen LogP contribution in [0.2, 0.25) is 0 Å². The molecule has 0 aliphatic heterocycles. The Morgan fingerprint density at radius 2 is 1.91 bits per heavy atom. The van der Waals surface area contributed by atoms with Gasteiger partial charge < -0.3 is 9.15 Å². The quantitative estimate of drug-likeness (QED) is 0.238. The van der Waals surface area contributed by atoms with Gasteiger partial charge in [-0.2, -0.15) is 9.78 Å². The summed E-state index contributed by atoms with van der Waals surface area (Å²) in [6.07, 6.45) is 2.54. The number of hydrogen-bond acceptors (Lipinski definition) is 5. The van der Waals surface area contributed by atoms with Gasteiger partial charge in [0.1, 0.15) is 11.3 Å². The Morgan fingerprint density at radius 3 is 2.74 bits per heavy atom. The van der Waals surface area contributed by atoms with E-state index in [1.165, 1.54) is 4.68 Å². The van der Waals surface area contributed by atoms with Crippen LogP contribution in [0.25, 0.3) is 33.5 Å². The minimum absolute atomic E-state index is 0.0458. The van der Waals surface area contributed by atoms with Crippen molar-refractivity contribution < 1.29 is 9.15 Å². The molecule has 3 aromatic carbocycles. The molecule has 0 spiro atoms. The Hall–Kier alpha value is -3.71. The number of fused-ring (bicyclic) bond motifs is 2. The summed E-state index contributed by atoms with van der Waals surface area (Å²) >= 11 is 3.51. The largest absolute Gasteiger partial charge is 0.490 e. The highest BCUT2D eigenvalue weighted by molar-refractivity contribution is 9.10. The molecule has 0 amide bonds. The molecular weight excluding hydrogens is 494 g/mol. The smallest absolute Gasteiger partial charge is 0.282 e. The van der Waals surface area contributed by atoms with E-state index >= 15 is 0 Å². The first-order chi connectivity index (χ1) is 16.5. The van der Waals surface area contributed by atoms with E-state index in [0.717, 1.165) is 21.8 Å². The lowest BCUT2D eigenvalue weighted by Gasteiger charge is -2.15. The van der Waals surface area contributed by atoms with Crippen LogP contribution in [0.15, 0.2) is 91.6 Å².